The summed E-state index contributed by atoms with van der Waals surface area (Å²) in [5.41, 5.74) is 8.97. The Morgan fingerprint density at radius 3 is 3.06 bits per heavy atom. The molecule has 3 rings (SSSR count). The van der Waals surface area contributed by atoms with Gasteiger partial charge >= 0.3 is 0 Å². The van der Waals surface area contributed by atoms with E-state index in [9.17, 15) is 0 Å². The molecular formula is C14H20N2. The van der Waals surface area contributed by atoms with Gasteiger partial charge in [-0.2, -0.15) is 0 Å². The molecule has 2 heteroatoms. The van der Waals surface area contributed by atoms with E-state index in [0.717, 1.165) is 5.92 Å². The van der Waals surface area contributed by atoms with E-state index < -0.39 is 0 Å². The van der Waals surface area contributed by atoms with E-state index in [1.807, 2.05) is 6.20 Å². The van der Waals surface area contributed by atoms with Crippen molar-refractivity contribution < 1.29 is 0 Å². The van der Waals surface area contributed by atoms with Gasteiger partial charge < -0.3 is 5.73 Å². The molecule has 2 unspecified atom stereocenters. The zero-order chi connectivity index (χ0) is 11.0. The molecule has 1 fully saturated rings. The Morgan fingerprint density at radius 2 is 2.25 bits per heavy atom. The summed E-state index contributed by atoms with van der Waals surface area (Å²) in [5.74, 6) is 1.52. The summed E-state index contributed by atoms with van der Waals surface area (Å²) >= 11 is 0. The lowest BCUT2D eigenvalue weighted by atomic mass is 9.96. The van der Waals surface area contributed by atoms with Crippen molar-refractivity contribution in [3.8, 4) is 0 Å². The minimum Gasteiger partial charge on any atom is -0.327 e. The predicted octanol–water partition coefficient (Wildman–Crippen LogP) is 2.63. The van der Waals surface area contributed by atoms with E-state index in [2.05, 4.69) is 17.1 Å². The van der Waals surface area contributed by atoms with Crippen molar-refractivity contribution in [1.29, 1.82) is 0 Å². The molecule has 16 heavy (non-hydrogen) atoms. The molecule has 0 radical (unpaired) electrons. The highest BCUT2D eigenvalue weighted by Gasteiger charge is 2.30. The van der Waals surface area contributed by atoms with Gasteiger partial charge in [0.15, 0.2) is 0 Å². The molecule has 2 aliphatic carbocycles. The zero-order valence-corrected chi connectivity index (χ0v) is 9.73. The molecule has 86 valence electrons. The number of aromatic nitrogens is 1. The first-order valence-electron chi connectivity index (χ1n) is 6.54. The third-order valence-corrected chi connectivity index (χ3v) is 4.15. The number of fused-ring (bicyclic) bond motifs is 1. The Hall–Kier alpha value is -0.890. The van der Waals surface area contributed by atoms with Gasteiger partial charge in [0.05, 0.1) is 0 Å². The second-order valence-electron chi connectivity index (χ2n) is 5.36. The molecule has 0 spiro atoms. The molecule has 0 bridgehead atoms. The lowest BCUT2D eigenvalue weighted by Crippen LogP contribution is -2.22. The Kier molecular flexibility index (Phi) is 2.68. The first-order valence-corrected chi connectivity index (χ1v) is 6.54. The third-order valence-electron chi connectivity index (χ3n) is 4.15. The molecular weight excluding hydrogens is 196 g/mol. The van der Waals surface area contributed by atoms with Crippen molar-refractivity contribution in [3.63, 3.8) is 0 Å². The Balaban J connectivity index is 1.60. The Morgan fingerprint density at radius 1 is 1.38 bits per heavy atom. The molecule has 2 atom stereocenters. The fourth-order valence-electron chi connectivity index (χ4n) is 2.93. The second-order valence-corrected chi connectivity index (χ2v) is 5.36. The van der Waals surface area contributed by atoms with Gasteiger partial charge in [0, 0.05) is 23.9 Å². The van der Waals surface area contributed by atoms with Gasteiger partial charge in [-0.25, -0.2) is 0 Å². The fraction of sp³-hybridized carbons (Fsp3) is 0.643. The van der Waals surface area contributed by atoms with Gasteiger partial charge in [-0.1, -0.05) is 6.07 Å². The van der Waals surface area contributed by atoms with Crippen LogP contribution in [0.2, 0.25) is 0 Å². The van der Waals surface area contributed by atoms with Gasteiger partial charge in [-0.3, -0.25) is 4.98 Å². The van der Waals surface area contributed by atoms with Crippen LogP contribution < -0.4 is 5.73 Å². The van der Waals surface area contributed by atoms with Crippen molar-refractivity contribution in [2.24, 2.45) is 11.7 Å². The fourth-order valence-corrected chi connectivity index (χ4v) is 2.93. The van der Waals surface area contributed by atoms with Crippen molar-refractivity contribution >= 4 is 0 Å². The molecule has 0 amide bonds. The van der Waals surface area contributed by atoms with Crippen LogP contribution in [-0.2, 0) is 6.42 Å². The summed E-state index contributed by atoms with van der Waals surface area (Å²) < 4.78 is 0. The number of rotatable bonds is 4. The molecule has 0 aromatic carbocycles. The lowest BCUT2D eigenvalue weighted by Gasteiger charge is -2.14. The van der Waals surface area contributed by atoms with Gasteiger partial charge in [0.1, 0.15) is 0 Å². The monoisotopic (exact) mass is 216 g/mol. The van der Waals surface area contributed by atoms with Crippen LogP contribution in [-0.4, -0.2) is 11.0 Å². The molecule has 1 aromatic heterocycles. The molecule has 2 aliphatic rings. The number of nitrogens with two attached hydrogens (primary N) is 1. The summed E-state index contributed by atoms with van der Waals surface area (Å²) in [5, 5.41) is 0. The van der Waals surface area contributed by atoms with Crippen LogP contribution in [0, 0.1) is 5.92 Å². The summed E-state index contributed by atoms with van der Waals surface area (Å²) in [6.07, 6.45) is 9.57. The summed E-state index contributed by atoms with van der Waals surface area (Å²) in [7, 11) is 0. The van der Waals surface area contributed by atoms with E-state index >= 15 is 0 Å². The van der Waals surface area contributed by atoms with Crippen LogP contribution in [0.3, 0.4) is 0 Å². The second kappa shape index (κ2) is 4.17. The molecule has 1 saturated carbocycles. The van der Waals surface area contributed by atoms with E-state index in [1.54, 1.807) is 0 Å². The number of hydrogen-bond acceptors (Lipinski definition) is 2. The van der Waals surface area contributed by atoms with Crippen molar-refractivity contribution in [1.82, 2.24) is 4.98 Å². The smallest absolute Gasteiger partial charge is 0.0466 e. The maximum absolute atomic E-state index is 6.16. The largest absolute Gasteiger partial charge is 0.327 e. The molecule has 1 heterocycles. The number of pyridine rings is 1. The average Bonchev–Trinajstić information content (AvgIpc) is 3.08. The van der Waals surface area contributed by atoms with Gasteiger partial charge in [-0.15, -0.1) is 0 Å². The highest BCUT2D eigenvalue weighted by Crippen LogP contribution is 2.38. The van der Waals surface area contributed by atoms with Crippen LogP contribution in [0.25, 0.3) is 0 Å². The third kappa shape index (κ3) is 1.99. The van der Waals surface area contributed by atoms with Crippen LogP contribution in [0.1, 0.15) is 49.3 Å². The summed E-state index contributed by atoms with van der Waals surface area (Å²) in [4.78, 5) is 4.54. The van der Waals surface area contributed by atoms with E-state index in [4.69, 9.17) is 5.73 Å². The van der Waals surface area contributed by atoms with Gasteiger partial charge in [0.2, 0.25) is 0 Å². The topological polar surface area (TPSA) is 38.9 Å². The first kappa shape index (κ1) is 10.3. The maximum atomic E-state index is 6.16. The van der Waals surface area contributed by atoms with Gasteiger partial charge in [0.25, 0.3) is 0 Å². The normalized spacial score (nSPS) is 25.4. The van der Waals surface area contributed by atoms with Crippen molar-refractivity contribution in [3.05, 3.63) is 29.6 Å². The van der Waals surface area contributed by atoms with Crippen LogP contribution >= 0.6 is 0 Å². The molecule has 0 aliphatic heterocycles. The standard InChI is InChI=1S/C14H20N2/c15-13(10-3-4-10)8-7-12-6-5-11-2-1-9-16-14(11)12/h1-2,9-10,12-13H,3-8,15H2. The average molecular weight is 216 g/mol. The highest BCUT2D eigenvalue weighted by molar-refractivity contribution is 5.28. The van der Waals surface area contributed by atoms with Crippen molar-refractivity contribution in [2.45, 2.75) is 50.5 Å². The molecule has 0 saturated heterocycles. The van der Waals surface area contributed by atoms with Crippen LogP contribution in [0.4, 0.5) is 0 Å². The highest BCUT2D eigenvalue weighted by atomic mass is 14.7. The van der Waals surface area contributed by atoms with E-state index in [1.165, 1.54) is 49.8 Å². The minimum absolute atomic E-state index is 0.452. The van der Waals surface area contributed by atoms with Crippen LogP contribution in [0.15, 0.2) is 18.3 Å². The number of nitrogens with zero attached hydrogens (tertiary/aromatic N) is 1. The van der Waals surface area contributed by atoms with Crippen molar-refractivity contribution in [2.75, 3.05) is 0 Å². The quantitative estimate of drug-likeness (QED) is 0.840. The van der Waals surface area contributed by atoms with Crippen LogP contribution in [0.5, 0.6) is 0 Å². The Labute approximate surface area is 97.3 Å². The van der Waals surface area contributed by atoms with E-state index in [-0.39, 0.29) is 0 Å². The van der Waals surface area contributed by atoms with E-state index in [0.29, 0.717) is 12.0 Å². The molecule has 2 N–H and O–H groups in total. The first-order chi connectivity index (χ1) is 7.84. The zero-order valence-electron chi connectivity index (χ0n) is 9.73. The summed E-state index contributed by atoms with van der Waals surface area (Å²) in [6, 6.07) is 4.73. The predicted molar refractivity (Wildman–Crippen MR) is 65.2 cm³/mol. The molecule has 1 aromatic rings. The Bertz CT molecular complexity index is 371. The number of hydrogen-bond donors (Lipinski definition) is 1. The van der Waals surface area contributed by atoms with Gasteiger partial charge in [-0.05, 0) is 56.1 Å². The summed E-state index contributed by atoms with van der Waals surface area (Å²) in [6.45, 7) is 0. The SMILES string of the molecule is NC(CCC1CCc2cccnc21)C1CC1. The molecule has 2 nitrogen and oxygen atoms in total. The minimum atomic E-state index is 0.452. The maximum Gasteiger partial charge on any atom is 0.0466 e. The number of aryl methyl sites for hydroxylation is 1. The lowest BCUT2D eigenvalue weighted by molar-refractivity contribution is 0.482.